The van der Waals surface area contributed by atoms with Crippen LogP contribution in [0, 0.1) is 12.3 Å². The summed E-state index contributed by atoms with van der Waals surface area (Å²) in [6.45, 7) is 7.07. The van der Waals surface area contributed by atoms with Crippen molar-refractivity contribution >= 4 is 11.8 Å². The van der Waals surface area contributed by atoms with Crippen LogP contribution in [0.25, 0.3) is 0 Å². The molecule has 0 aliphatic carbocycles. The number of carbonyl (C=O) groups excluding carboxylic acids is 2. The van der Waals surface area contributed by atoms with E-state index in [0.717, 1.165) is 49.9 Å². The zero-order valence-electron chi connectivity index (χ0n) is 17.5. The highest BCUT2D eigenvalue weighted by Gasteiger charge is 2.51. The number of benzene rings is 2. The lowest BCUT2D eigenvalue weighted by molar-refractivity contribution is -0.135. The van der Waals surface area contributed by atoms with E-state index < -0.39 is 0 Å². The van der Waals surface area contributed by atoms with Gasteiger partial charge in [0.1, 0.15) is 0 Å². The first kappa shape index (κ1) is 19.7. The molecule has 2 heterocycles. The largest absolute Gasteiger partial charge is 0.342 e. The van der Waals surface area contributed by atoms with Gasteiger partial charge in [0.2, 0.25) is 5.91 Å². The van der Waals surface area contributed by atoms with Crippen molar-refractivity contribution in [2.24, 2.45) is 5.41 Å². The molecule has 2 amide bonds. The number of rotatable bonds is 5. The van der Waals surface area contributed by atoms with Gasteiger partial charge in [-0.2, -0.15) is 0 Å². The minimum Gasteiger partial charge on any atom is -0.342 e. The Morgan fingerprint density at radius 3 is 2.52 bits per heavy atom. The van der Waals surface area contributed by atoms with Crippen LogP contribution in [0.5, 0.6) is 0 Å². The van der Waals surface area contributed by atoms with Crippen LogP contribution in [0.2, 0.25) is 0 Å². The van der Waals surface area contributed by atoms with Gasteiger partial charge in [0.15, 0.2) is 0 Å². The fourth-order valence-electron chi connectivity index (χ4n) is 4.78. The summed E-state index contributed by atoms with van der Waals surface area (Å²) in [4.78, 5) is 30.2. The lowest BCUT2D eigenvalue weighted by Gasteiger charge is -2.24. The summed E-state index contributed by atoms with van der Waals surface area (Å²) in [5.41, 5.74) is 3.90. The van der Waals surface area contributed by atoms with Crippen molar-refractivity contribution in [3.05, 3.63) is 70.8 Å². The zero-order chi connectivity index (χ0) is 20.4. The molecule has 4 rings (SSSR count). The molecule has 29 heavy (non-hydrogen) atoms. The molecule has 4 nitrogen and oxygen atoms in total. The van der Waals surface area contributed by atoms with Gasteiger partial charge in [-0.05, 0) is 49.8 Å². The highest BCUT2D eigenvalue weighted by atomic mass is 16.2. The van der Waals surface area contributed by atoms with Crippen molar-refractivity contribution in [2.75, 3.05) is 26.2 Å². The molecule has 2 saturated heterocycles. The Kier molecular flexibility index (Phi) is 5.44. The standard InChI is InChI=1S/C25H30N2O2/c1-3-14-26-15-12-25(24(26)29)13-16-27(18-25)23(28)22-7-5-4-6-21(22)17-20-10-8-19(2)9-11-20/h4-11H,3,12-18H2,1-2H3. The molecule has 4 heteroatoms. The smallest absolute Gasteiger partial charge is 0.254 e. The number of aryl methyl sites for hydroxylation is 1. The predicted octanol–water partition coefficient (Wildman–Crippen LogP) is 4.06. The molecule has 1 unspecified atom stereocenters. The summed E-state index contributed by atoms with van der Waals surface area (Å²) in [7, 11) is 0. The van der Waals surface area contributed by atoms with Crippen molar-refractivity contribution < 1.29 is 9.59 Å². The Bertz CT molecular complexity index is 905. The number of nitrogens with zero attached hydrogens (tertiary/aromatic N) is 2. The van der Waals surface area contributed by atoms with Crippen LogP contribution >= 0.6 is 0 Å². The van der Waals surface area contributed by atoms with Gasteiger partial charge < -0.3 is 9.80 Å². The molecule has 0 bridgehead atoms. The summed E-state index contributed by atoms with van der Waals surface area (Å²) >= 11 is 0. The molecule has 2 aromatic rings. The minimum absolute atomic E-state index is 0.0614. The Hall–Kier alpha value is -2.62. The summed E-state index contributed by atoms with van der Waals surface area (Å²) in [5, 5.41) is 0. The summed E-state index contributed by atoms with van der Waals surface area (Å²) in [5.74, 6) is 0.314. The average molecular weight is 391 g/mol. The van der Waals surface area contributed by atoms with Crippen LogP contribution in [0.3, 0.4) is 0 Å². The molecule has 1 spiro atoms. The highest BCUT2D eigenvalue weighted by molar-refractivity contribution is 5.97. The number of amides is 2. The first-order valence-corrected chi connectivity index (χ1v) is 10.7. The molecule has 0 N–H and O–H groups in total. The van der Waals surface area contributed by atoms with Gasteiger partial charge in [0, 0.05) is 31.7 Å². The molecular formula is C25H30N2O2. The topological polar surface area (TPSA) is 40.6 Å². The lowest BCUT2D eigenvalue weighted by Crippen LogP contribution is -2.38. The number of carbonyl (C=O) groups is 2. The van der Waals surface area contributed by atoms with E-state index >= 15 is 0 Å². The van der Waals surface area contributed by atoms with Crippen LogP contribution in [0.1, 0.15) is 53.2 Å². The molecule has 2 aliphatic heterocycles. The van der Waals surface area contributed by atoms with E-state index in [-0.39, 0.29) is 17.2 Å². The Morgan fingerprint density at radius 1 is 1.03 bits per heavy atom. The maximum Gasteiger partial charge on any atom is 0.254 e. The van der Waals surface area contributed by atoms with Crippen molar-refractivity contribution in [1.82, 2.24) is 9.80 Å². The molecule has 2 aliphatic rings. The van der Waals surface area contributed by atoms with E-state index in [2.05, 4.69) is 38.1 Å². The molecule has 1 atom stereocenters. The first-order valence-electron chi connectivity index (χ1n) is 10.7. The molecule has 2 aromatic carbocycles. The summed E-state index contributed by atoms with van der Waals surface area (Å²) in [6.07, 6.45) is 3.39. The van der Waals surface area contributed by atoms with E-state index in [1.807, 2.05) is 34.1 Å². The van der Waals surface area contributed by atoms with E-state index in [1.165, 1.54) is 11.1 Å². The van der Waals surface area contributed by atoms with Gasteiger partial charge in [-0.1, -0.05) is 55.0 Å². The van der Waals surface area contributed by atoms with Gasteiger partial charge in [0.25, 0.3) is 5.91 Å². The normalized spacial score (nSPS) is 21.4. The van der Waals surface area contributed by atoms with Crippen molar-refractivity contribution in [3.8, 4) is 0 Å². The molecule has 0 aromatic heterocycles. The Balaban J connectivity index is 1.51. The van der Waals surface area contributed by atoms with Crippen molar-refractivity contribution in [3.63, 3.8) is 0 Å². The highest BCUT2D eigenvalue weighted by Crippen LogP contribution is 2.41. The van der Waals surface area contributed by atoms with Gasteiger partial charge in [0.05, 0.1) is 5.41 Å². The van der Waals surface area contributed by atoms with Crippen LogP contribution in [-0.4, -0.2) is 47.8 Å². The molecule has 0 radical (unpaired) electrons. The third-order valence-electron chi connectivity index (χ3n) is 6.50. The van der Waals surface area contributed by atoms with Crippen LogP contribution < -0.4 is 0 Å². The van der Waals surface area contributed by atoms with E-state index in [1.54, 1.807) is 0 Å². The number of likely N-dealkylation sites (tertiary alicyclic amines) is 2. The Morgan fingerprint density at radius 2 is 1.76 bits per heavy atom. The number of hydrogen-bond donors (Lipinski definition) is 0. The predicted molar refractivity (Wildman–Crippen MR) is 115 cm³/mol. The second-order valence-electron chi connectivity index (χ2n) is 8.62. The average Bonchev–Trinajstić information content (AvgIpc) is 3.30. The summed E-state index contributed by atoms with van der Waals surface area (Å²) < 4.78 is 0. The van der Waals surface area contributed by atoms with Gasteiger partial charge >= 0.3 is 0 Å². The molecular weight excluding hydrogens is 360 g/mol. The maximum absolute atomic E-state index is 13.4. The zero-order valence-corrected chi connectivity index (χ0v) is 17.5. The lowest BCUT2D eigenvalue weighted by atomic mass is 9.85. The van der Waals surface area contributed by atoms with Gasteiger partial charge in [-0.25, -0.2) is 0 Å². The molecule has 152 valence electrons. The Labute approximate surface area is 173 Å². The summed E-state index contributed by atoms with van der Waals surface area (Å²) in [6, 6.07) is 16.4. The van der Waals surface area contributed by atoms with Gasteiger partial charge in [-0.3, -0.25) is 9.59 Å². The van der Waals surface area contributed by atoms with E-state index in [4.69, 9.17) is 0 Å². The maximum atomic E-state index is 13.4. The van der Waals surface area contributed by atoms with E-state index in [9.17, 15) is 9.59 Å². The third-order valence-corrected chi connectivity index (χ3v) is 6.50. The molecule has 2 fully saturated rings. The minimum atomic E-state index is -0.350. The fraction of sp³-hybridized carbons (Fsp3) is 0.440. The van der Waals surface area contributed by atoms with Crippen LogP contribution in [-0.2, 0) is 11.2 Å². The van der Waals surface area contributed by atoms with Crippen LogP contribution in [0.15, 0.2) is 48.5 Å². The third kappa shape index (κ3) is 3.81. The van der Waals surface area contributed by atoms with Gasteiger partial charge in [-0.15, -0.1) is 0 Å². The second-order valence-corrected chi connectivity index (χ2v) is 8.62. The van der Waals surface area contributed by atoms with Crippen molar-refractivity contribution in [1.29, 1.82) is 0 Å². The second kappa shape index (κ2) is 8.02. The monoisotopic (exact) mass is 390 g/mol. The quantitative estimate of drug-likeness (QED) is 0.772. The van der Waals surface area contributed by atoms with E-state index in [0.29, 0.717) is 13.1 Å². The van der Waals surface area contributed by atoms with Crippen LogP contribution in [0.4, 0.5) is 0 Å². The molecule has 0 saturated carbocycles. The number of hydrogen-bond acceptors (Lipinski definition) is 2. The fourth-order valence-corrected chi connectivity index (χ4v) is 4.78. The SMILES string of the molecule is CCCN1CCC2(CCN(C(=O)c3ccccc3Cc3ccc(C)cc3)C2)C1=O. The van der Waals surface area contributed by atoms with Crippen molar-refractivity contribution in [2.45, 2.75) is 39.5 Å². The first-order chi connectivity index (χ1) is 14.0.